The Hall–Kier alpha value is -4.74. The van der Waals surface area contributed by atoms with Crippen LogP contribution in [0.15, 0.2) is 77.0 Å². The molecule has 1 heterocycles. The number of carbonyl (C=O) groups excluding carboxylic acids is 3. The molecule has 0 saturated heterocycles. The van der Waals surface area contributed by atoms with Crippen molar-refractivity contribution in [3.8, 4) is 17.2 Å². The molecule has 13 heteroatoms. The summed E-state index contributed by atoms with van der Waals surface area (Å²) in [5.74, 6) is 0.0457. The fourth-order valence-corrected chi connectivity index (χ4v) is 4.59. The van der Waals surface area contributed by atoms with Crippen LogP contribution in [0.1, 0.15) is 36.6 Å². The van der Waals surface area contributed by atoms with Crippen molar-refractivity contribution in [2.75, 3.05) is 20.3 Å². The van der Waals surface area contributed by atoms with Crippen LogP contribution in [0, 0.1) is 0 Å². The molecule has 0 aliphatic carbocycles. The number of urea groups is 1. The summed E-state index contributed by atoms with van der Waals surface area (Å²) in [5, 5.41) is 10.2. The van der Waals surface area contributed by atoms with Crippen molar-refractivity contribution in [2.24, 2.45) is 5.10 Å². The summed E-state index contributed by atoms with van der Waals surface area (Å²) >= 11 is 12.1. The third-order valence-electron chi connectivity index (χ3n) is 6.33. The van der Waals surface area contributed by atoms with Gasteiger partial charge in [0.1, 0.15) is 12.4 Å². The molecule has 3 amide bonds. The van der Waals surface area contributed by atoms with Crippen LogP contribution in [-0.4, -0.2) is 44.4 Å². The second-order valence-corrected chi connectivity index (χ2v) is 10.2. The lowest BCUT2D eigenvalue weighted by Crippen LogP contribution is -2.45. The molecule has 1 aliphatic heterocycles. The van der Waals surface area contributed by atoms with E-state index in [1.807, 2.05) is 18.2 Å². The quantitative estimate of drug-likeness (QED) is 0.139. The SMILES string of the molecule is CCOC(=O)C1=C(C)NC(=O)N[C@@H]1c1ccc(OCC(=O)N/N=C\c2ccccc2OCc2ccc(Cl)c(Cl)c2)c(OC)c1. The number of hydrogen-bond acceptors (Lipinski definition) is 8. The topological polar surface area (TPSA) is 137 Å². The predicted octanol–water partition coefficient (Wildman–Crippen LogP) is 5.30. The van der Waals surface area contributed by atoms with Crippen LogP contribution < -0.4 is 30.3 Å². The average Bonchev–Trinajstić information content (AvgIpc) is 3.00. The number of para-hydroxylation sites is 1. The summed E-state index contributed by atoms with van der Waals surface area (Å²) in [6.45, 7) is 3.39. The number of ether oxygens (including phenoxy) is 4. The summed E-state index contributed by atoms with van der Waals surface area (Å²) in [5.41, 5.74) is 5.11. The van der Waals surface area contributed by atoms with E-state index in [2.05, 4.69) is 21.2 Å². The number of allylic oxidation sites excluding steroid dienone is 1. The van der Waals surface area contributed by atoms with Crippen molar-refractivity contribution in [3.63, 3.8) is 0 Å². The van der Waals surface area contributed by atoms with E-state index in [0.717, 1.165) is 5.56 Å². The summed E-state index contributed by atoms with van der Waals surface area (Å²) in [4.78, 5) is 37.2. The van der Waals surface area contributed by atoms with Gasteiger partial charge < -0.3 is 29.6 Å². The number of carbonyl (C=O) groups is 3. The Morgan fingerprint density at radius 3 is 2.55 bits per heavy atom. The van der Waals surface area contributed by atoms with Crippen molar-refractivity contribution >= 4 is 47.3 Å². The maximum absolute atomic E-state index is 12.6. The van der Waals surface area contributed by atoms with Crippen LogP contribution in [0.5, 0.6) is 17.2 Å². The van der Waals surface area contributed by atoms with E-state index in [1.54, 1.807) is 56.3 Å². The molecule has 4 rings (SSSR count). The van der Waals surface area contributed by atoms with Crippen LogP contribution >= 0.6 is 23.2 Å². The molecule has 0 radical (unpaired) electrons. The van der Waals surface area contributed by atoms with Crippen LogP contribution in [0.4, 0.5) is 4.79 Å². The molecule has 3 aromatic carbocycles. The largest absolute Gasteiger partial charge is 0.493 e. The minimum Gasteiger partial charge on any atom is -0.493 e. The highest BCUT2D eigenvalue weighted by atomic mass is 35.5. The lowest BCUT2D eigenvalue weighted by molar-refractivity contribution is -0.139. The molecule has 44 heavy (non-hydrogen) atoms. The third kappa shape index (κ3) is 8.21. The van der Waals surface area contributed by atoms with Gasteiger partial charge in [-0.3, -0.25) is 4.79 Å². The number of rotatable bonds is 12. The zero-order valence-corrected chi connectivity index (χ0v) is 25.6. The Morgan fingerprint density at radius 1 is 1.00 bits per heavy atom. The van der Waals surface area contributed by atoms with E-state index in [9.17, 15) is 14.4 Å². The first-order valence-corrected chi connectivity index (χ1v) is 14.2. The van der Waals surface area contributed by atoms with Gasteiger partial charge in [0.05, 0.1) is 41.6 Å². The molecule has 0 unspecified atom stereocenters. The zero-order valence-electron chi connectivity index (χ0n) is 24.1. The molecular formula is C31H30Cl2N4O7. The van der Waals surface area contributed by atoms with Gasteiger partial charge in [0, 0.05) is 11.3 Å². The van der Waals surface area contributed by atoms with E-state index in [1.165, 1.54) is 13.3 Å². The van der Waals surface area contributed by atoms with Crippen LogP contribution in [0.25, 0.3) is 0 Å². The highest BCUT2D eigenvalue weighted by Gasteiger charge is 2.32. The Balaban J connectivity index is 1.37. The number of halogens is 2. The van der Waals surface area contributed by atoms with Crippen molar-refractivity contribution in [3.05, 3.63) is 98.7 Å². The Morgan fingerprint density at radius 2 is 1.80 bits per heavy atom. The van der Waals surface area contributed by atoms with Crippen LogP contribution in [0.3, 0.4) is 0 Å². The Kier molecular flexibility index (Phi) is 11.1. The Bertz CT molecular complexity index is 1610. The zero-order chi connectivity index (χ0) is 31.6. The van der Waals surface area contributed by atoms with Gasteiger partial charge in [0.25, 0.3) is 5.91 Å². The first-order chi connectivity index (χ1) is 21.2. The van der Waals surface area contributed by atoms with E-state index in [0.29, 0.717) is 38.4 Å². The fourth-order valence-electron chi connectivity index (χ4n) is 4.26. The molecule has 0 bridgehead atoms. The van der Waals surface area contributed by atoms with E-state index in [4.69, 9.17) is 42.1 Å². The molecule has 11 nitrogen and oxygen atoms in total. The number of nitrogens with one attached hydrogen (secondary N) is 3. The standard InChI is InChI=1S/C31H30Cl2N4O7/c1-4-42-30(39)28-18(2)35-31(40)36-29(28)20-10-12-25(26(14-20)41-3)44-17-27(38)37-34-15-21-7-5-6-8-24(21)43-16-19-9-11-22(32)23(33)13-19/h5-15,29H,4,16-17H2,1-3H3,(H,37,38)(H2,35,36,40)/b34-15-/t29-/m1/s1. The lowest BCUT2D eigenvalue weighted by atomic mass is 9.95. The monoisotopic (exact) mass is 640 g/mol. The van der Waals surface area contributed by atoms with Gasteiger partial charge >= 0.3 is 12.0 Å². The average molecular weight is 642 g/mol. The molecule has 0 saturated carbocycles. The molecule has 0 fully saturated rings. The first kappa shape index (κ1) is 32.2. The van der Waals surface area contributed by atoms with Crippen LogP contribution in [0.2, 0.25) is 10.0 Å². The van der Waals surface area contributed by atoms with Gasteiger partial charge in [-0.2, -0.15) is 5.10 Å². The molecule has 1 aliphatic rings. The van der Waals surface area contributed by atoms with Gasteiger partial charge in [-0.05, 0) is 61.4 Å². The van der Waals surface area contributed by atoms with Crippen molar-refractivity contribution < 1.29 is 33.3 Å². The van der Waals surface area contributed by atoms with Gasteiger partial charge in [-0.25, -0.2) is 15.0 Å². The van der Waals surface area contributed by atoms with Crippen molar-refractivity contribution in [1.82, 2.24) is 16.1 Å². The first-order valence-electron chi connectivity index (χ1n) is 13.4. The second-order valence-electron chi connectivity index (χ2n) is 9.36. The number of amides is 3. The number of esters is 1. The fraction of sp³-hybridized carbons (Fsp3) is 0.226. The number of methoxy groups -OCH3 is 1. The molecule has 3 aromatic rings. The van der Waals surface area contributed by atoms with Crippen molar-refractivity contribution in [1.29, 1.82) is 0 Å². The summed E-state index contributed by atoms with van der Waals surface area (Å²) < 4.78 is 22.2. The summed E-state index contributed by atoms with van der Waals surface area (Å²) in [6.07, 6.45) is 1.46. The summed E-state index contributed by atoms with van der Waals surface area (Å²) in [7, 11) is 1.44. The molecule has 3 N–H and O–H groups in total. The smallest absolute Gasteiger partial charge is 0.338 e. The minimum atomic E-state index is -0.778. The number of hydrogen-bond donors (Lipinski definition) is 3. The number of benzene rings is 3. The molecule has 0 aromatic heterocycles. The normalized spacial score (nSPS) is 14.5. The van der Waals surface area contributed by atoms with Gasteiger partial charge in [-0.15, -0.1) is 0 Å². The maximum Gasteiger partial charge on any atom is 0.338 e. The third-order valence-corrected chi connectivity index (χ3v) is 7.07. The molecule has 230 valence electrons. The molecule has 1 atom stereocenters. The molecular weight excluding hydrogens is 611 g/mol. The van der Waals surface area contributed by atoms with Crippen molar-refractivity contribution in [2.45, 2.75) is 26.5 Å². The number of nitrogens with zero attached hydrogens (tertiary/aromatic N) is 1. The highest BCUT2D eigenvalue weighted by Crippen LogP contribution is 2.34. The van der Waals surface area contributed by atoms with E-state index < -0.39 is 23.9 Å². The van der Waals surface area contributed by atoms with Gasteiger partial charge in [-0.1, -0.05) is 47.5 Å². The summed E-state index contributed by atoms with van der Waals surface area (Å²) in [6, 6.07) is 16.1. The van der Waals surface area contributed by atoms with Gasteiger partial charge in [0.15, 0.2) is 18.1 Å². The second kappa shape index (κ2) is 15.1. The lowest BCUT2D eigenvalue weighted by Gasteiger charge is -2.28. The minimum absolute atomic E-state index is 0.179. The highest BCUT2D eigenvalue weighted by molar-refractivity contribution is 6.42. The van der Waals surface area contributed by atoms with E-state index in [-0.39, 0.29) is 31.1 Å². The number of hydrazone groups is 1. The van der Waals surface area contributed by atoms with Gasteiger partial charge in [0.2, 0.25) is 0 Å². The maximum atomic E-state index is 12.6. The predicted molar refractivity (Wildman–Crippen MR) is 165 cm³/mol. The van der Waals surface area contributed by atoms with Crippen LogP contribution in [-0.2, 0) is 20.9 Å². The Labute approximate surface area is 264 Å². The molecule has 0 spiro atoms. The van der Waals surface area contributed by atoms with E-state index >= 15 is 0 Å².